The van der Waals surface area contributed by atoms with Crippen LogP contribution in [-0.2, 0) is 9.53 Å². The SMILES string of the molecule is CC(=O)OC1=C(C2CCC(c3ccc(Cl)cc3)CC2)C(=O)c2ccccc2C1=O. The fraction of sp³-hybridized carbons (Fsp3) is 0.292. The van der Waals surface area contributed by atoms with Crippen molar-refractivity contribution in [3.8, 4) is 0 Å². The molecule has 0 atom stereocenters. The van der Waals surface area contributed by atoms with Crippen LogP contribution < -0.4 is 0 Å². The summed E-state index contributed by atoms with van der Waals surface area (Å²) in [6.45, 7) is 1.25. The molecule has 0 N–H and O–H groups in total. The van der Waals surface area contributed by atoms with Gasteiger partial charge in [0.15, 0.2) is 11.5 Å². The van der Waals surface area contributed by atoms with Gasteiger partial charge in [0.25, 0.3) is 0 Å². The molecule has 0 radical (unpaired) electrons. The number of ketones is 2. The third-order valence-electron chi connectivity index (χ3n) is 5.83. The molecule has 0 heterocycles. The minimum atomic E-state index is -0.590. The Morgan fingerprint density at radius 2 is 1.41 bits per heavy atom. The average Bonchev–Trinajstić information content (AvgIpc) is 2.73. The summed E-state index contributed by atoms with van der Waals surface area (Å²) < 4.78 is 5.28. The van der Waals surface area contributed by atoms with Crippen molar-refractivity contribution in [2.75, 3.05) is 0 Å². The summed E-state index contributed by atoms with van der Waals surface area (Å²) in [5, 5.41) is 0.712. The van der Waals surface area contributed by atoms with E-state index in [1.807, 2.05) is 24.3 Å². The Labute approximate surface area is 174 Å². The molecule has 0 aliphatic heterocycles. The van der Waals surface area contributed by atoms with Crippen LogP contribution in [0.3, 0.4) is 0 Å². The number of Topliss-reactive ketones (excluding diaryl/α,β-unsaturated/α-hetero) is 2. The van der Waals surface area contributed by atoms with Crippen molar-refractivity contribution in [1.29, 1.82) is 0 Å². The van der Waals surface area contributed by atoms with Gasteiger partial charge in [0, 0.05) is 23.1 Å². The molecule has 148 valence electrons. The number of rotatable bonds is 3. The largest absolute Gasteiger partial charge is 0.422 e. The molecule has 0 spiro atoms. The third kappa shape index (κ3) is 3.77. The van der Waals surface area contributed by atoms with Crippen LogP contribution in [0.1, 0.15) is 64.8 Å². The van der Waals surface area contributed by atoms with Gasteiger partial charge < -0.3 is 4.74 Å². The van der Waals surface area contributed by atoms with E-state index < -0.39 is 5.97 Å². The highest BCUT2D eigenvalue weighted by molar-refractivity contribution is 6.30. The Bertz CT molecular complexity index is 1010. The number of ether oxygens (including phenoxy) is 1. The Hall–Kier alpha value is -2.72. The first-order valence-corrected chi connectivity index (χ1v) is 10.2. The molecule has 5 heteroatoms. The van der Waals surface area contributed by atoms with E-state index in [1.54, 1.807) is 24.3 Å². The number of halogens is 1. The van der Waals surface area contributed by atoms with Crippen molar-refractivity contribution in [2.24, 2.45) is 5.92 Å². The van der Waals surface area contributed by atoms with Crippen molar-refractivity contribution in [1.82, 2.24) is 0 Å². The van der Waals surface area contributed by atoms with Crippen LogP contribution in [0.4, 0.5) is 0 Å². The summed E-state index contributed by atoms with van der Waals surface area (Å²) in [5.74, 6) is -0.971. The van der Waals surface area contributed by atoms with Crippen molar-refractivity contribution < 1.29 is 19.1 Å². The van der Waals surface area contributed by atoms with Gasteiger partial charge in [-0.1, -0.05) is 48.0 Å². The lowest BCUT2D eigenvalue weighted by molar-refractivity contribution is -0.136. The highest BCUT2D eigenvalue weighted by atomic mass is 35.5. The van der Waals surface area contributed by atoms with Crippen LogP contribution in [0.5, 0.6) is 0 Å². The number of esters is 1. The molecule has 0 aromatic heterocycles. The van der Waals surface area contributed by atoms with Crippen molar-refractivity contribution in [2.45, 2.75) is 38.5 Å². The molecule has 0 amide bonds. The summed E-state index contributed by atoms with van der Waals surface area (Å²) in [5.41, 5.74) is 2.28. The number of fused-ring (bicyclic) bond motifs is 1. The molecule has 4 rings (SSSR count). The maximum absolute atomic E-state index is 13.2. The van der Waals surface area contributed by atoms with Crippen LogP contribution in [0.15, 0.2) is 59.9 Å². The van der Waals surface area contributed by atoms with Gasteiger partial charge in [0.2, 0.25) is 5.78 Å². The minimum absolute atomic E-state index is 0.0869. The van der Waals surface area contributed by atoms with Crippen molar-refractivity contribution in [3.05, 3.63) is 81.6 Å². The van der Waals surface area contributed by atoms with Gasteiger partial charge in [-0.3, -0.25) is 14.4 Å². The second-order valence-corrected chi connectivity index (χ2v) is 8.08. The van der Waals surface area contributed by atoms with E-state index in [2.05, 4.69) is 0 Å². The van der Waals surface area contributed by atoms with E-state index >= 15 is 0 Å². The second-order valence-electron chi connectivity index (χ2n) is 7.64. The molecule has 0 bridgehead atoms. The lowest BCUT2D eigenvalue weighted by atomic mass is 9.72. The van der Waals surface area contributed by atoms with Gasteiger partial charge in [-0.2, -0.15) is 0 Å². The Morgan fingerprint density at radius 1 is 0.862 bits per heavy atom. The third-order valence-corrected chi connectivity index (χ3v) is 6.09. The zero-order valence-corrected chi connectivity index (χ0v) is 16.9. The summed E-state index contributed by atoms with van der Waals surface area (Å²) in [6, 6.07) is 14.6. The molecule has 2 aromatic rings. The minimum Gasteiger partial charge on any atom is -0.422 e. The smallest absolute Gasteiger partial charge is 0.308 e. The van der Waals surface area contributed by atoms with E-state index in [0.717, 1.165) is 25.7 Å². The maximum Gasteiger partial charge on any atom is 0.308 e. The first-order chi connectivity index (χ1) is 14.0. The van der Waals surface area contributed by atoms with Gasteiger partial charge >= 0.3 is 5.97 Å². The lowest BCUT2D eigenvalue weighted by Crippen LogP contribution is -2.30. The fourth-order valence-electron chi connectivity index (χ4n) is 4.44. The normalized spacial score (nSPS) is 21.7. The van der Waals surface area contributed by atoms with Gasteiger partial charge in [0.1, 0.15) is 0 Å². The van der Waals surface area contributed by atoms with Crippen LogP contribution in [0.2, 0.25) is 5.02 Å². The van der Waals surface area contributed by atoms with E-state index in [4.69, 9.17) is 16.3 Å². The van der Waals surface area contributed by atoms with Gasteiger partial charge in [-0.15, -0.1) is 0 Å². The quantitative estimate of drug-likeness (QED) is 0.628. The number of hydrogen-bond acceptors (Lipinski definition) is 4. The topological polar surface area (TPSA) is 60.4 Å². The zero-order chi connectivity index (χ0) is 20.5. The fourth-order valence-corrected chi connectivity index (χ4v) is 4.56. The van der Waals surface area contributed by atoms with Crippen LogP contribution in [0, 0.1) is 5.92 Å². The molecule has 1 fully saturated rings. The van der Waals surface area contributed by atoms with Gasteiger partial charge in [-0.05, 0) is 55.2 Å². The van der Waals surface area contributed by atoms with E-state index in [0.29, 0.717) is 27.6 Å². The van der Waals surface area contributed by atoms with Crippen molar-refractivity contribution in [3.63, 3.8) is 0 Å². The standard InChI is InChI=1S/C24H21ClO4/c1-14(26)29-24-21(22(27)19-4-2-3-5-20(19)23(24)28)17-8-6-15(7-9-17)16-10-12-18(25)13-11-16/h2-5,10-13,15,17H,6-9H2,1H3. The molecule has 2 aromatic carbocycles. The molecular formula is C24H21ClO4. The van der Waals surface area contributed by atoms with Gasteiger partial charge in [0.05, 0.1) is 5.57 Å². The highest BCUT2D eigenvalue weighted by Crippen LogP contribution is 2.42. The molecule has 4 nitrogen and oxygen atoms in total. The summed E-state index contributed by atoms with van der Waals surface area (Å²) >= 11 is 5.99. The first-order valence-electron chi connectivity index (χ1n) is 9.82. The Morgan fingerprint density at radius 3 is 2.00 bits per heavy atom. The maximum atomic E-state index is 13.2. The molecule has 1 saturated carbocycles. The predicted molar refractivity (Wildman–Crippen MR) is 110 cm³/mol. The molecule has 2 aliphatic carbocycles. The number of benzene rings is 2. The predicted octanol–water partition coefficient (Wildman–Crippen LogP) is 5.51. The molecule has 0 unspecified atom stereocenters. The Balaban J connectivity index is 1.63. The highest BCUT2D eigenvalue weighted by Gasteiger charge is 2.39. The van der Waals surface area contributed by atoms with Crippen LogP contribution in [0.25, 0.3) is 0 Å². The average molecular weight is 409 g/mol. The molecule has 2 aliphatic rings. The monoisotopic (exact) mass is 408 g/mol. The van der Waals surface area contributed by atoms with Crippen LogP contribution in [-0.4, -0.2) is 17.5 Å². The molecular weight excluding hydrogens is 388 g/mol. The van der Waals surface area contributed by atoms with E-state index in [1.165, 1.54) is 12.5 Å². The summed E-state index contributed by atoms with van der Waals surface area (Å²) in [7, 11) is 0. The summed E-state index contributed by atoms with van der Waals surface area (Å²) in [4.78, 5) is 37.8. The first kappa shape index (κ1) is 19.6. The number of allylic oxidation sites excluding steroid dienone is 2. The number of carbonyl (C=O) groups is 3. The summed E-state index contributed by atoms with van der Waals surface area (Å²) in [6.07, 6.45) is 3.31. The zero-order valence-electron chi connectivity index (χ0n) is 16.1. The van der Waals surface area contributed by atoms with E-state index in [9.17, 15) is 14.4 Å². The molecule has 0 saturated heterocycles. The number of carbonyl (C=O) groups excluding carboxylic acids is 3. The van der Waals surface area contributed by atoms with Gasteiger partial charge in [-0.25, -0.2) is 0 Å². The second kappa shape index (κ2) is 7.96. The number of hydrogen-bond donors (Lipinski definition) is 0. The Kier molecular flexibility index (Phi) is 5.37. The molecule has 29 heavy (non-hydrogen) atoms. The van der Waals surface area contributed by atoms with Crippen molar-refractivity contribution >= 4 is 29.1 Å². The van der Waals surface area contributed by atoms with E-state index in [-0.39, 0.29) is 23.2 Å². The lowest BCUT2D eigenvalue weighted by Gasteiger charge is -2.32. The van der Waals surface area contributed by atoms with Crippen LogP contribution >= 0.6 is 11.6 Å².